The quantitative estimate of drug-likeness (QED) is 0.740. The average Bonchev–Trinajstić information content (AvgIpc) is 3.17. The van der Waals surface area contributed by atoms with E-state index in [2.05, 4.69) is 56.7 Å². The van der Waals surface area contributed by atoms with Crippen molar-refractivity contribution in [1.82, 2.24) is 25.0 Å². The number of rotatable bonds is 6. The Bertz CT molecular complexity index is 905. The smallest absolute Gasteiger partial charge is 0.237 e. The number of piperazine rings is 2. The number of carbonyl (C=O) groups is 2. The second kappa shape index (κ2) is 9.89. The van der Waals surface area contributed by atoms with Crippen molar-refractivity contribution in [3.8, 4) is 0 Å². The van der Waals surface area contributed by atoms with Crippen LogP contribution in [0.4, 0.5) is 0 Å². The molecule has 4 rings (SSSR count). The summed E-state index contributed by atoms with van der Waals surface area (Å²) >= 11 is 1.67. The molecule has 0 spiro atoms. The molecule has 2 amide bonds. The number of nitrogens with zero attached hydrogens (tertiary/aromatic N) is 4. The van der Waals surface area contributed by atoms with E-state index < -0.39 is 6.04 Å². The fourth-order valence-corrected chi connectivity index (χ4v) is 4.86. The lowest BCUT2D eigenvalue weighted by Gasteiger charge is -2.38. The van der Waals surface area contributed by atoms with Crippen molar-refractivity contribution in [3.63, 3.8) is 0 Å². The number of hydrogen-bond acceptors (Lipinski definition) is 6. The molecule has 2 aliphatic heterocycles. The van der Waals surface area contributed by atoms with Gasteiger partial charge >= 0.3 is 0 Å². The zero-order valence-corrected chi connectivity index (χ0v) is 19.2. The zero-order valence-electron chi connectivity index (χ0n) is 18.3. The Labute approximate surface area is 188 Å². The number of nitrogens with one attached hydrogen (secondary N) is 1. The highest BCUT2D eigenvalue weighted by Crippen LogP contribution is 2.17. The van der Waals surface area contributed by atoms with Crippen LogP contribution < -0.4 is 5.32 Å². The molecule has 2 fully saturated rings. The van der Waals surface area contributed by atoms with Crippen LogP contribution in [0.2, 0.25) is 0 Å². The number of benzene rings is 1. The van der Waals surface area contributed by atoms with E-state index in [1.54, 1.807) is 11.3 Å². The summed E-state index contributed by atoms with van der Waals surface area (Å²) < 4.78 is 0. The Morgan fingerprint density at radius 3 is 2.52 bits per heavy atom. The fourth-order valence-electron chi connectivity index (χ4n) is 4.26. The molecule has 0 bridgehead atoms. The molecule has 3 heterocycles. The highest BCUT2D eigenvalue weighted by molar-refractivity contribution is 7.09. The first-order valence-corrected chi connectivity index (χ1v) is 11.8. The van der Waals surface area contributed by atoms with E-state index in [1.165, 1.54) is 11.1 Å². The van der Waals surface area contributed by atoms with Gasteiger partial charge in [0.05, 0.1) is 23.2 Å². The van der Waals surface area contributed by atoms with Crippen LogP contribution in [0.15, 0.2) is 29.6 Å². The minimum absolute atomic E-state index is 0.0377. The van der Waals surface area contributed by atoms with Gasteiger partial charge in [0.2, 0.25) is 11.8 Å². The number of aromatic nitrogens is 1. The summed E-state index contributed by atoms with van der Waals surface area (Å²) in [5, 5.41) is 6.13. The van der Waals surface area contributed by atoms with Crippen molar-refractivity contribution in [2.75, 3.05) is 39.3 Å². The zero-order chi connectivity index (χ0) is 21.8. The van der Waals surface area contributed by atoms with Gasteiger partial charge in [-0.2, -0.15) is 0 Å². The monoisotopic (exact) mass is 441 g/mol. The van der Waals surface area contributed by atoms with E-state index in [4.69, 9.17) is 0 Å². The van der Waals surface area contributed by atoms with Gasteiger partial charge in [0.15, 0.2) is 0 Å². The van der Waals surface area contributed by atoms with E-state index in [0.717, 1.165) is 36.9 Å². The third-order valence-corrected chi connectivity index (χ3v) is 6.92. The molecule has 166 valence electrons. The molecule has 2 aromatic rings. The number of carbonyl (C=O) groups excluding carboxylic acids is 2. The molecule has 1 N–H and O–H groups in total. The Morgan fingerprint density at radius 2 is 1.84 bits per heavy atom. The van der Waals surface area contributed by atoms with Crippen molar-refractivity contribution in [2.24, 2.45) is 0 Å². The summed E-state index contributed by atoms with van der Waals surface area (Å²) in [6.45, 7) is 10.1. The molecule has 2 saturated heterocycles. The van der Waals surface area contributed by atoms with Gasteiger partial charge in [-0.15, -0.1) is 11.3 Å². The van der Waals surface area contributed by atoms with Crippen LogP contribution in [-0.2, 0) is 22.7 Å². The molecule has 31 heavy (non-hydrogen) atoms. The van der Waals surface area contributed by atoms with Crippen molar-refractivity contribution in [1.29, 1.82) is 0 Å². The topological polar surface area (TPSA) is 68.8 Å². The summed E-state index contributed by atoms with van der Waals surface area (Å²) in [6, 6.07) is 7.98. The Balaban J connectivity index is 1.31. The standard InChI is InChI=1S/C23H31N5O2S/c1-17-3-5-19(6-4-17)14-28-8-7-24-23(30)21(28)13-22(29)27-11-9-26(10-12-27)15-20-16-31-18(2)25-20/h3-6,16,21H,7-15H2,1-2H3,(H,24,30). The van der Waals surface area contributed by atoms with E-state index in [1.807, 2.05) is 11.8 Å². The summed E-state index contributed by atoms with van der Waals surface area (Å²) in [4.78, 5) is 36.5. The first kappa shape index (κ1) is 21.9. The summed E-state index contributed by atoms with van der Waals surface area (Å²) in [5.41, 5.74) is 3.49. The molecule has 1 aromatic heterocycles. The lowest BCUT2D eigenvalue weighted by atomic mass is 10.1. The highest BCUT2D eigenvalue weighted by atomic mass is 32.1. The minimum Gasteiger partial charge on any atom is -0.353 e. The van der Waals surface area contributed by atoms with Crippen LogP contribution in [0.25, 0.3) is 0 Å². The third kappa shape index (κ3) is 5.70. The van der Waals surface area contributed by atoms with E-state index in [9.17, 15) is 9.59 Å². The van der Waals surface area contributed by atoms with Crippen molar-refractivity contribution in [2.45, 2.75) is 39.4 Å². The SMILES string of the molecule is Cc1ccc(CN2CCNC(=O)C2CC(=O)N2CCN(Cc3csc(C)n3)CC2)cc1. The first-order chi connectivity index (χ1) is 15.0. The van der Waals surface area contributed by atoms with Gasteiger partial charge in [0.25, 0.3) is 0 Å². The molecule has 1 unspecified atom stereocenters. The van der Waals surface area contributed by atoms with Gasteiger partial charge in [0, 0.05) is 57.7 Å². The van der Waals surface area contributed by atoms with Gasteiger partial charge < -0.3 is 10.2 Å². The van der Waals surface area contributed by atoms with Crippen LogP contribution in [0.5, 0.6) is 0 Å². The molecule has 8 heteroatoms. The van der Waals surface area contributed by atoms with Gasteiger partial charge in [-0.3, -0.25) is 19.4 Å². The predicted molar refractivity (Wildman–Crippen MR) is 122 cm³/mol. The van der Waals surface area contributed by atoms with E-state index >= 15 is 0 Å². The van der Waals surface area contributed by atoms with E-state index in [-0.39, 0.29) is 18.2 Å². The van der Waals surface area contributed by atoms with E-state index in [0.29, 0.717) is 26.2 Å². The Kier molecular flexibility index (Phi) is 6.99. The van der Waals surface area contributed by atoms with Crippen LogP contribution in [-0.4, -0.2) is 76.8 Å². The van der Waals surface area contributed by atoms with Crippen molar-refractivity contribution in [3.05, 3.63) is 51.5 Å². The van der Waals surface area contributed by atoms with Gasteiger partial charge in [-0.1, -0.05) is 29.8 Å². The summed E-state index contributed by atoms with van der Waals surface area (Å²) in [6.07, 6.45) is 0.239. The number of thiazole rings is 1. The average molecular weight is 442 g/mol. The maximum atomic E-state index is 13.0. The van der Waals surface area contributed by atoms with Gasteiger partial charge in [-0.05, 0) is 19.4 Å². The normalized spacial score (nSPS) is 20.6. The largest absolute Gasteiger partial charge is 0.353 e. The summed E-state index contributed by atoms with van der Waals surface area (Å²) in [5.74, 6) is 0.0318. The maximum Gasteiger partial charge on any atom is 0.237 e. The van der Waals surface area contributed by atoms with Crippen LogP contribution in [0, 0.1) is 13.8 Å². The van der Waals surface area contributed by atoms with Crippen molar-refractivity contribution < 1.29 is 9.59 Å². The molecule has 0 radical (unpaired) electrons. The third-order valence-electron chi connectivity index (χ3n) is 6.09. The molecule has 0 saturated carbocycles. The lowest BCUT2D eigenvalue weighted by Crippen LogP contribution is -2.57. The Morgan fingerprint density at radius 1 is 1.10 bits per heavy atom. The number of amides is 2. The summed E-state index contributed by atoms with van der Waals surface area (Å²) in [7, 11) is 0. The van der Waals surface area contributed by atoms with Gasteiger partial charge in [0.1, 0.15) is 0 Å². The molecule has 7 nitrogen and oxygen atoms in total. The number of aryl methyl sites for hydroxylation is 2. The molecule has 1 aromatic carbocycles. The lowest BCUT2D eigenvalue weighted by molar-refractivity contribution is -0.140. The van der Waals surface area contributed by atoms with Crippen LogP contribution >= 0.6 is 11.3 Å². The molecular formula is C23H31N5O2S. The van der Waals surface area contributed by atoms with Crippen LogP contribution in [0.3, 0.4) is 0 Å². The molecular weight excluding hydrogens is 410 g/mol. The highest BCUT2D eigenvalue weighted by Gasteiger charge is 2.33. The van der Waals surface area contributed by atoms with Crippen molar-refractivity contribution >= 4 is 23.2 Å². The van der Waals surface area contributed by atoms with Gasteiger partial charge in [-0.25, -0.2) is 4.98 Å². The molecule has 1 atom stereocenters. The predicted octanol–water partition coefficient (Wildman–Crippen LogP) is 1.79. The van der Waals surface area contributed by atoms with Crippen LogP contribution in [0.1, 0.15) is 28.2 Å². The molecule has 0 aliphatic carbocycles. The first-order valence-electron chi connectivity index (χ1n) is 11.0. The molecule has 2 aliphatic rings. The second-order valence-corrected chi connectivity index (χ2v) is 9.54. The minimum atomic E-state index is -0.404. The maximum absolute atomic E-state index is 13.0. The Hall–Kier alpha value is -2.29. The second-order valence-electron chi connectivity index (χ2n) is 8.48. The number of hydrogen-bond donors (Lipinski definition) is 1. The fraction of sp³-hybridized carbons (Fsp3) is 0.522.